The van der Waals surface area contributed by atoms with Crippen molar-refractivity contribution in [3.8, 4) is 0 Å². The van der Waals surface area contributed by atoms with E-state index in [9.17, 15) is 0 Å². The average Bonchev–Trinajstić information content (AvgIpc) is 3.14. The van der Waals surface area contributed by atoms with Crippen molar-refractivity contribution in [3.63, 3.8) is 0 Å². The van der Waals surface area contributed by atoms with Crippen LogP contribution in [0.2, 0.25) is 0 Å². The van der Waals surface area contributed by atoms with Crippen LogP contribution in [0.5, 0.6) is 0 Å². The largest absolute Gasteiger partial charge is 0.307 e. The molecule has 1 saturated heterocycles. The Balaban J connectivity index is 1.73. The highest BCUT2D eigenvalue weighted by Gasteiger charge is 2.37. The van der Waals surface area contributed by atoms with E-state index < -0.39 is 0 Å². The zero-order valence-electron chi connectivity index (χ0n) is 12.2. The van der Waals surface area contributed by atoms with E-state index in [1.165, 1.54) is 31.5 Å². The maximum Gasteiger partial charge on any atom is 0.0534 e. The number of nitrogens with one attached hydrogen (secondary N) is 1. The molecule has 3 rings (SSSR count). The minimum absolute atomic E-state index is 0.107. The summed E-state index contributed by atoms with van der Waals surface area (Å²) in [5.41, 5.74) is 1.53. The smallest absolute Gasteiger partial charge is 0.0534 e. The van der Waals surface area contributed by atoms with E-state index in [4.69, 9.17) is 0 Å². The lowest BCUT2D eigenvalue weighted by Crippen LogP contribution is -2.46. The molecule has 1 aliphatic heterocycles. The lowest BCUT2D eigenvalue weighted by Gasteiger charge is -2.34. The zero-order chi connectivity index (χ0) is 13.3. The molecule has 104 valence electrons. The van der Waals surface area contributed by atoms with Gasteiger partial charge >= 0.3 is 0 Å². The molecular formula is C17H26N2. The number of hydrogen-bond acceptors (Lipinski definition) is 2. The zero-order valence-corrected chi connectivity index (χ0v) is 12.2. The van der Waals surface area contributed by atoms with Crippen LogP contribution in [0.25, 0.3) is 0 Å². The molecule has 0 amide bonds. The standard InChI is InChI=1S/C17H26N2/c1-14-11-15(14)12-19-10-6-9-18-17(2,13-19)16-7-4-3-5-8-16/h3-5,7-8,14-15,18H,6,9-13H2,1-2H3. The third-order valence-corrected chi connectivity index (χ3v) is 4.89. The van der Waals surface area contributed by atoms with Crippen LogP contribution in [0, 0.1) is 11.8 Å². The molecule has 2 fully saturated rings. The third-order valence-electron chi connectivity index (χ3n) is 4.89. The second-order valence-electron chi connectivity index (χ2n) is 6.69. The Labute approximate surface area is 117 Å². The summed E-state index contributed by atoms with van der Waals surface area (Å²) in [5.74, 6) is 1.91. The summed E-state index contributed by atoms with van der Waals surface area (Å²) in [6.45, 7) is 9.56. The molecule has 2 aliphatic rings. The van der Waals surface area contributed by atoms with Crippen LogP contribution in [0.1, 0.15) is 32.3 Å². The van der Waals surface area contributed by atoms with Gasteiger partial charge in [0.15, 0.2) is 0 Å². The molecule has 0 radical (unpaired) electrons. The fraction of sp³-hybridized carbons (Fsp3) is 0.647. The monoisotopic (exact) mass is 258 g/mol. The first-order chi connectivity index (χ1) is 9.17. The predicted octanol–water partition coefficient (Wildman–Crippen LogP) is 2.85. The topological polar surface area (TPSA) is 15.3 Å². The van der Waals surface area contributed by atoms with Crippen molar-refractivity contribution >= 4 is 0 Å². The Kier molecular flexibility index (Phi) is 3.64. The van der Waals surface area contributed by atoms with Gasteiger partial charge in [0.05, 0.1) is 5.54 Å². The van der Waals surface area contributed by atoms with Crippen LogP contribution in [0.4, 0.5) is 0 Å². The number of nitrogens with zero attached hydrogens (tertiary/aromatic N) is 1. The Bertz CT molecular complexity index is 417. The summed E-state index contributed by atoms with van der Waals surface area (Å²) in [6, 6.07) is 10.9. The van der Waals surface area contributed by atoms with Gasteiger partial charge in [-0.2, -0.15) is 0 Å². The summed E-state index contributed by atoms with van der Waals surface area (Å²) >= 11 is 0. The lowest BCUT2D eigenvalue weighted by molar-refractivity contribution is 0.211. The van der Waals surface area contributed by atoms with Crippen molar-refractivity contribution in [2.24, 2.45) is 11.8 Å². The molecule has 1 aliphatic carbocycles. The van der Waals surface area contributed by atoms with Crippen molar-refractivity contribution in [2.45, 2.75) is 32.2 Å². The molecule has 1 aromatic carbocycles. The van der Waals surface area contributed by atoms with E-state index in [1.807, 2.05) is 0 Å². The molecule has 1 heterocycles. The Morgan fingerprint density at radius 2 is 2.05 bits per heavy atom. The fourth-order valence-electron chi connectivity index (χ4n) is 3.39. The summed E-state index contributed by atoms with van der Waals surface area (Å²) in [6.07, 6.45) is 2.70. The van der Waals surface area contributed by atoms with Gasteiger partial charge in [0.2, 0.25) is 0 Å². The first kappa shape index (κ1) is 13.1. The van der Waals surface area contributed by atoms with Gasteiger partial charge in [-0.3, -0.25) is 0 Å². The van der Waals surface area contributed by atoms with E-state index in [0.29, 0.717) is 0 Å². The minimum atomic E-state index is 0.107. The second kappa shape index (κ2) is 5.26. The van der Waals surface area contributed by atoms with Gasteiger partial charge in [-0.15, -0.1) is 0 Å². The van der Waals surface area contributed by atoms with Crippen LogP contribution in [0.15, 0.2) is 30.3 Å². The van der Waals surface area contributed by atoms with Gasteiger partial charge < -0.3 is 10.2 Å². The number of rotatable bonds is 3. The summed E-state index contributed by atoms with van der Waals surface area (Å²) in [4.78, 5) is 2.68. The number of hydrogen-bond donors (Lipinski definition) is 1. The Hall–Kier alpha value is -0.860. The molecule has 0 bridgehead atoms. The van der Waals surface area contributed by atoms with Gasteiger partial charge in [-0.1, -0.05) is 37.3 Å². The van der Waals surface area contributed by atoms with Gasteiger partial charge in [0.25, 0.3) is 0 Å². The molecule has 1 N–H and O–H groups in total. The van der Waals surface area contributed by atoms with Crippen LogP contribution < -0.4 is 5.32 Å². The van der Waals surface area contributed by atoms with E-state index in [2.05, 4.69) is 54.4 Å². The fourth-order valence-corrected chi connectivity index (χ4v) is 3.39. The predicted molar refractivity (Wildman–Crippen MR) is 80.1 cm³/mol. The maximum absolute atomic E-state index is 3.77. The summed E-state index contributed by atoms with van der Waals surface area (Å²) < 4.78 is 0. The van der Waals surface area contributed by atoms with E-state index in [0.717, 1.165) is 24.9 Å². The SMILES string of the molecule is CC1CC1CN1CCCNC(C)(c2ccccc2)C1. The van der Waals surface area contributed by atoms with E-state index in [-0.39, 0.29) is 5.54 Å². The van der Waals surface area contributed by atoms with Crippen molar-refractivity contribution in [1.29, 1.82) is 0 Å². The molecule has 19 heavy (non-hydrogen) atoms. The average molecular weight is 258 g/mol. The summed E-state index contributed by atoms with van der Waals surface area (Å²) in [5, 5.41) is 3.77. The van der Waals surface area contributed by atoms with Crippen LogP contribution in [0.3, 0.4) is 0 Å². The van der Waals surface area contributed by atoms with Gasteiger partial charge in [0, 0.05) is 13.1 Å². The molecule has 2 heteroatoms. The molecule has 1 saturated carbocycles. The highest BCUT2D eigenvalue weighted by Crippen LogP contribution is 2.39. The summed E-state index contributed by atoms with van der Waals surface area (Å²) in [7, 11) is 0. The lowest BCUT2D eigenvalue weighted by atomic mass is 9.91. The second-order valence-corrected chi connectivity index (χ2v) is 6.69. The molecular weight excluding hydrogens is 232 g/mol. The maximum atomic E-state index is 3.77. The van der Waals surface area contributed by atoms with Crippen molar-refractivity contribution < 1.29 is 0 Å². The van der Waals surface area contributed by atoms with Gasteiger partial charge in [-0.05, 0) is 50.3 Å². The van der Waals surface area contributed by atoms with Crippen LogP contribution >= 0.6 is 0 Å². The van der Waals surface area contributed by atoms with Crippen LogP contribution in [-0.2, 0) is 5.54 Å². The van der Waals surface area contributed by atoms with Gasteiger partial charge in [-0.25, -0.2) is 0 Å². The molecule has 0 spiro atoms. The molecule has 1 aromatic rings. The first-order valence-corrected chi connectivity index (χ1v) is 7.70. The highest BCUT2D eigenvalue weighted by atomic mass is 15.2. The minimum Gasteiger partial charge on any atom is -0.307 e. The van der Waals surface area contributed by atoms with Crippen molar-refractivity contribution in [1.82, 2.24) is 10.2 Å². The molecule has 2 nitrogen and oxygen atoms in total. The Morgan fingerprint density at radius 3 is 2.74 bits per heavy atom. The highest BCUT2D eigenvalue weighted by molar-refractivity contribution is 5.24. The molecule has 0 aromatic heterocycles. The van der Waals surface area contributed by atoms with E-state index >= 15 is 0 Å². The van der Waals surface area contributed by atoms with Crippen molar-refractivity contribution in [3.05, 3.63) is 35.9 Å². The van der Waals surface area contributed by atoms with Crippen LogP contribution in [-0.4, -0.2) is 31.1 Å². The quantitative estimate of drug-likeness (QED) is 0.897. The van der Waals surface area contributed by atoms with E-state index in [1.54, 1.807) is 0 Å². The Morgan fingerprint density at radius 1 is 1.32 bits per heavy atom. The third kappa shape index (κ3) is 3.01. The van der Waals surface area contributed by atoms with Crippen molar-refractivity contribution in [2.75, 3.05) is 26.2 Å². The molecule has 3 atom stereocenters. The normalized spacial score (nSPS) is 35.9. The molecule has 3 unspecified atom stereocenters. The number of benzene rings is 1. The van der Waals surface area contributed by atoms with Gasteiger partial charge in [0.1, 0.15) is 0 Å². The first-order valence-electron chi connectivity index (χ1n) is 7.70.